The average Bonchev–Trinajstić information content (AvgIpc) is 2.43. The molecule has 0 unspecified atom stereocenters. The number of aryl methyl sites for hydroxylation is 4. The van der Waals surface area contributed by atoms with Crippen LogP contribution in [0.4, 0.5) is 11.4 Å². The largest absolute Gasteiger partial charge is 0.377 e. The van der Waals surface area contributed by atoms with Crippen LogP contribution in [0.25, 0.3) is 0 Å². The van der Waals surface area contributed by atoms with E-state index >= 15 is 0 Å². The molecule has 2 aromatic carbocycles. The lowest BCUT2D eigenvalue weighted by molar-refractivity contribution is 1.10. The lowest BCUT2D eigenvalue weighted by Gasteiger charge is -2.21. The van der Waals surface area contributed by atoms with Gasteiger partial charge in [0.2, 0.25) is 0 Å². The van der Waals surface area contributed by atoms with Gasteiger partial charge in [0, 0.05) is 47.4 Å². The molecule has 2 radical (unpaired) electrons. The van der Waals surface area contributed by atoms with Crippen LogP contribution in [0, 0.1) is 27.7 Å². The summed E-state index contributed by atoms with van der Waals surface area (Å²) < 4.78 is 0. The maximum absolute atomic E-state index is 6.72. The highest BCUT2D eigenvalue weighted by Gasteiger charge is 2.21. The van der Waals surface area contributed by atoms with E-state index in [4.69, 9.17) is 7.57 Å². The topological polar surface area (TPSA) is 6.48 Å². The molecule has 0 amide bonds. The Morgan fingerprint density at radius 1 is 0.625 bits per heavy atom. The Labute approximate surface area is 150 Å². The molecule has 0 spiro atoms. The Hall–Kier alpha value is -1.47. The van der Waals surface area contributed by atoms with E-state index < -0.39 is 7.80 Å². The van der Waals surface area contributed by atoms with Crippen molar-refractivity contribution in [1.82, 2.24) is 0 Å². The Kier molecular flexibility index (Phi) is 5.65. The van der Waals surface area contributed by atoms with Gasteiger partial charge >= 0.3 is 7.57 Å². The minimum Gasteiger partial charge on any atom is -0.377 e. The molecule has 0 atom stereocenters. The SMILES string of the molecule is [B][PH+](c1cc(C)c(N(C)C)c(C)c1)c1cc(C)c(N(C)C)c(C)c1. The quantitative estimate of drug-likeness (QED) is 0.623. The van der Waals surface area contributed by atoms with E-state index in [-0.39, 0.29) is 0 Å². The van der Waals surface area contributed by atoms with E-state index in [0.29, 0.717) is 0 Å². The molecule has 0 saturated heterocycles. The predicted molar refractivity (Wildman–Crippen MR) is 114 cm³/mol. The molecule has 126 valence electrons. The van der Waals surface area contributed by atoms with E-state index in [9.17, 15) is 0 Å². The zero-order valence-corrected chi connectivity index (χ0v) is 17.3. The van der Waals surface area contributed by atoms with Crippen LogP contribution in [-0.2, 0) is 0 Å². The van der Waals surface area contributed by atoms with Crippen molar-refractivity contribution in [1.29, 1.82) is 0 Å². The number of anilines is 2. The van der Waals surface area contributed by atoms with E-state index in [1.165, 1.54) is 44.2 Å². The molecule has 0 aromatic heterocycles. The number of nitrogens with zero attached hydrogens (tertiary/aromatic N) is 2. The van der Waals surface area contributed by atoms with E-state index in [0.717, 1.165) is 0 Å². The van der Waals surface area contributed by atoms with E-state index in [2.05, 4.69) is 90.0 Å². The highest BCUT2D eigenvalue weighted by atomic mass is 31.1. The predicted octanol–water partition coefficient (Wildman–Crippen LogP) is 3.30. The lowest BCUT2D eigenvalue weighted by atomic mass is 10.1. The molecule has 0 bridgehead atoms. The van der Waals surface area contributed by atoms with Crippen molar-refractivity contribution in [2.45, 2.75) is 27.7 Å². The van der Waals surface area contributed by atoms with Crippen LogP contribution in [0.15, 0.2) is 24.3 Å². The van der Waals surface area contributed by atoms with Gasteiger partial charge in [0.15, 0.2) is 0 Å². The molecule has 0 aliphatic rings. The molecule has 0 aliphatic heterocycles. The minimum atomic E-state index is -1.25. The molecule has 0 saturated carbocycles. The van der Waals surface area contributed by atoms with Crippen molar-refractivity contribution < 1.29 is 0 Å². The first kappa shape index (κ1) is 18.9. The van der Waals surface area contributed by atoms with Crippen molar-refractivity contribution >= 4 is 37.3 Å². The van der Waals surface area contributed by atoms with Crippen LogP contribution < -0.4 is 20.4 Å². The fourth-order valence-electron chi connectivity index (χ4n) is 3.80. The van der Waals surface area contributed by atoms with Gasteiger partial charge in [-0.05, 0) is 74.2 Å². The average molecular weight is 339 g/mol. The minimum absolute atomic E-state index is 1.25. The molecule has 0 heterocycles. The van der Waals surface area contributed by atoms with Gasteiger partial charge in [-0.1, -0.05) is 0 Å². The normalized spacial score (nSPS) is 11.0. The second-order valence-electron chi connectivity index (χ2n) is 7.12. The number of benzene rings is 2. The van der Waals surface area contributed by atoms with Crippen LogP contribution in [0.2, 0.25) is 0 Å². The highest BCUT2D eigenvalue weighted by molar-refractivity contribution is 7.94. The summed E-state index contributed by atoms with van der Waals surface area (Å²) in [5.41, 5.74) is 7.76. The highest BCUT2D eigenvalue weighted by Crippen LogP contribution is 2.34. The molecule has 0 fully saturated rings. The third-order valence-corrected chi connectivity index (χ3v) is 6.32. The van der Waals surface area contributed by atoms with Gasteiger partial charge < -0.3 is 9.80 Å². The van der Waals surface area contributed by atoms with Gasteiger partial charge in [0.1, 0.15) is 0 Å². The van der Waals surface area contributed by atoms with Crippen LogP contribution in [0.3, 0.4) is 0 Å². The van der Waals surface area contributed by atoms with Crippen molar-refractivity contribution in [3.63, 3.8) is 0 Å². The third kappa shape index (κ3) is 3.62. The van der Waals surface area contributed by atoms with Gasteiger partial charge in [-0.15, -0.1) is 0 Å². The van der Waals surface area contributed by atoms with Crippen molar-refractivity contribution in [3.05, 3.63) is 46.5 Å². The van der Waals surface area contributed by atoms with Gasteiger partial charge in [-0.3, -0.25) is 0 Å². The summed E-state index contributed by atoms with van der Waals surface area (Å²) in [7, 11) is 13.8. The Bertz CT molecular complexity index is 644. The summed E-state index contributed by atoms with van der Waals surface area (Å²) in [6.07, 6.45) is 0. The number of hydrogen-bond acceptors (Lipinski definition) is 2. The van der Waals surface area contributed by atoms with E-state index in [1.54, 1.807) is 0 Å². The van der Waals surface area contributed by atoms with Gasteiger partial charge in [0.05, 0.1) is 10.6 Å². The van der Waals surface area contributed by atoms with Gasteiger partial charge in [-0.25, -0.2) is 0 Å². The summed E-state index contributed by atoms with van der Waals surface area (Å²) >= 11 is 0. The molecule has 0 aliphatic carbocycles. The van der Waals surface area contributed by atoms with Crippen molar-refractivity contribution in [2.24, 2.45) is 0 Å². The monoisotopic (exact) mass is 339 g/mol. The summed E-state index contributed by atoms with van der Waals surface area (Å²) in [4.78, 5) is 4.36. The van der Waals surface area contributed by atoms with E-state index in [1.807, 2.05) is 0 Å². The lowest BCUT2D eigenvalue weighted by Crippen LogP contribution is -2.19. The van der Waals surface area contributed by atoms with Crippen molar-refractivity contribution in [3.8, 4) is 0 Å². The third-order valence-electron chi connectivity index (χ3n) is 4.50. The fraction of sp³-hybridized carbons (Fsp3) is 0.400. The first-order valence-corrected chi connectivity index (χ1v) is 9.91. The molecular weight excluding hydrogens is 310 g/mol. The summed E-state index contributed by atoms with van der Waals surface area (Å²) in [6.45, 7) is 8.69. The van der Waals surface area contributed by atoms with Gasteiger partial charge in [-0.2, -0.15) is 0 Å². The van der Waals surface area contributed by atoms with Crippen molar-refractivity contribution in [2.75, 3.05) is 38.0 Å². The first-order valence-electron chi connectivity index (χ1n) is 8.33. The summed E-state index contributed by atoms with van der Waals surface area (Å²) in [5, 5.41) is 2.55. The molecule has 2 aromatic rings. The molecule has 2 rings (SSSR count). The van der Waals surface area contributed by atoms with Crippen LogP contribution in [-0.4, -0.2) is 35.8 Å². The number of hydrogen-bond donors (Lipinski definition) is 0. The number of rotatable bonds is 4. The maximum Gasteiger partial charge on any atom is 0.374 e. The molecule has 2 nitrogen and oxygen atoms in total. The van der Waals surface area contributed by atoms with Crippen LogP contribution in [0.1, 0.15) is 22.3 Å². The Balaban J connectivity index is 2.48. The fourth-order valence-corrected chi connectivity index (χ4v) is 5.62. The maximum atomic E-state index is 6.72. The van der Waals surface area contributed by atoms with Gasteiger partial charge in [0.25, 0.3) is 0 Å². The zero-order chi connectivity index (χ0) is 18.2. The first-order chi connectivity index (χ1) is 11.1. The molecule has 4 heteroatoms. The Morgan fingerprint density at radius 2 is 0.875 bits per heavy atom. The standard InChI is InChI=1S/C20H29BN2P/c1-13-9-17(10-14(2)19(13)22(5)6)24(21)18-11-15(3)20(23(7)8)16(4)12-18/h9-12,24H,1-8H3/q+1. The second-order valence-corrected chi connectivity index (χ2v) is 9.10. The molecule has 0 N–H and O–H groups in total. The van der Waals surface area contributed by atoms with Crippen LogP contribution in [0.5, 0.6) is 0 Å². The summed E-state index contributed by atoms with van der Waals surface area (Å²) in [5.74, 6) is 0. The molecular formula is C20H29BN2P+. The van der Waals surface area contributed by atoms with Crippen LogP contribution >= 0.6 is 7.80 Å². The second kappa shape index (κ2) is 7.19. The molecule has 24 heavy (non-hydrogen) atoms. The zero-order valence-electron chi connectivity index (χ0n) is 16.3. The smallest absolute Gasteiger partial charge is 0.374 e. The summed E-state index contributed by atoms with van der Waals surface area (Å²) in [6, 6.07) is 9.06. The Morgan fingerprint density at radius 3 is 1.08 bits per heavy atom.